The summed E-state index contributed by atoms with van der Waals surface area (Å²) in [5.41, 5.74) is 0.905. The molecule has 2 heterocycles. The highest BCUT2D eigenvalue weighted by Gasteiger charge is 2.52. The molecule has 0 spiro atoms. The standard InChI is InChI=1S/C18H31BO2S/c1-7-9-10-14(8-2)13-15-11-12-22-16(15)19-20-17(3,4)18(5,6)21-19/h11-12,14H,7-10,13H2,1-6H3. The summed E-state index contributed by atoms with van der Waals surface area (Å²) in [6.45, 7) is 13.1. The van der Waals surface area contributed by atoms with E-state index in [1.165, 1.54) is 36.0 Å². The largest absolute Gasteiger partial charge is 0.505 e. The first-order valence-electron chi connectivity index (χ1n) is 8.72. The lowest BCUT2D eigenvalue weighted by Crippen LogP contribution is -2.41. The van der Waals surface area contributed by atoms with Crippen LogP contribution < -0.4 is 4.78 Å². The average molecular weight is 322 g/mol. The molecule has 0 saturated carbocycles. The second kappa shape index (κ2) is 7.06. The Morgan fingerprint density at radius 1 is 1.14 bits per heavy atom. The molecule has 0 amide bonds. The predicted octanol–water partition coefficient (Wildman–Crippen LogP) is 4.81. The van der Waals surface area contributed by atoms with Gasteiger partial charge in [0.25, 0.3) is 0 Å². The summed E-state index contributed by atoms with van der Waals surface area (Å²) in [6, 6.07) is 2.26. The maximum absolute atomic E-state index is 6.23. The Balaban J connectivity index is 2.10. The van der Waals surface area contributed by atoms with E-state index in [9.17, 15) is 0 Å². The molecule has 1 saturated heterocycles. The molecule has 22 heavy (non-hydrogen) atoms. The third-order valence-electron chi connectivity index (χ3n) is 5.30. The van der Waals surface area contributed by atoms with Crippen LogP contribution in [-0.2, 0) is 15.7 Å². The molecule has 1 aliphatic rings. The van der Waals surface area contributed by atoms with E-state index < -0.39 is 0 Å². The molecule has 1 aromatic rings. The Morgan fingerprint density at radius 3 is 2.32 bits per heavy atom. The molecule has 1 aromatic heterocycles. The molecule has 0 bridgehead atoms. The first kappa shape index (κ1) is 18.0. The molecule has 2 rings (SSSR count). The zero-order valence-corrected chi connectivity index (χ0v) is 15.9. The summed E-state index contributed by atoms with van der Waals surface area (Å²) in [5, 5.41) is 2.18. The third-order valence-corrected chi connectivity index (χ3v) is 6.28. The summed E-state index contributed by atoms with van der Waals surface area (Å²) in [6.07, 6.45) is 6.34. The average Bonchev–Trinajstić information content (AvgIpc) is 2.97. The van der Waals surface area contributed by atoms with Crippen molar-refractivity contribution in [3.8, 4) is 0 Å². The highest BCUT2D eigenvalue weighted by Crippen LogP contribution is 2.37. The molecule has 0 aliphatic carbocycles. The van der Waals surface area contributed by atoms with Gasteiger partial charge in [0.2, 0.25) is 0 Å². The summed E-state index contributed by atoms with van der Waals surface area (Å²) in [4.78, 5) is 0. The number of hydrogen-bond donors (Lipinski definition) is 0. The van der Waals surface area contributed by atoms with Crippen LogP contribution in [0.25, 0.3) is 0 Å². The SMILES string of the molecule is CCCCC(CC)Cc1ccsc1B1OC(C)(C)C(C)(C)O1. The molecule has 4 heteroatoms. The smallest absolute Gasteiger partial charge is 0.399 e. The Kier molecular flexibility index (Phi) is 5.79. The molecule has 1 fully saturated rings. The van der Waals surface area contributed by atoms with Crippen LogP contribution in [0.2, 0.25) is 0 Å². The lowest BCUT2D eigenvalue weighted by Gasteiger charge is -2.32. The van der Waals surface area contributed by atoms with Crippen molar-refractivity contribution in [3.05, 3.63) is 17.0 Å². The van der Waals surface area contributed by atoms with E-state index in [2.05, 4.69) is 53.0 Å². The van der Waals surface area contributed by atoms with Gasteiger partial charge in [-0.3, -0.25) is 0 Å². The van der Waals surface area contributed by atoms with Crippen LogP contribution in [-0.4, -0.2) is 18.3 Å². The van der Waals surface area contributed by atoms with Gasteiger partial charge in [-0.25, -0.2) is 0 Å². The van der Waals surface area contributed by atoms with E-state index in [1.54, 1.807) is 11.3 Å². The van der Waals surface area contributed by atoms with Crippen molar-refractivity contribution in [1.29, 1.82) is 0 Å². The van der Waals surface area contributed by atoms with Gasteiger partial charge < -0.3 is 9.31 Å². The summed E-state index contributed by atoms with van der Waals surface area (Å²) in [7, 11) is -0.205. The van der Waals surface area contributed by atoms with Gasteiger partial charge in [0, 0.05) is 4.78 Å². The Morgan fingerprint density at radius 2 is 1.77 bits per heavy atom. The molecule has 1 aliphatic heterocycles. The number of rotatable bonds is 7. The molecule has 0 radical (unpaired) electrons. The molecule has 0 aromatic carbocycles. The van der Waals surface area contributed by atoms with E-state index >= 15 is 0 Å². The fourth-order valence-corrected chi connectivity index (χ4v) is 3.82. The normalized spacial score (nSPS) is 21.3. The lowest BCUT2D eigenvalue weighted by molar-refractivity contribution is 0.00578. The second-order valence-electron chi connectivity index (χ2n) is 7.52. The highest BCUT2D eigenvalue weighted by molar-refractivity contribution is 7.21. The van der Waals surface area contributed by atoms with Crippen molar-refractivity contribution in [1.82, 2.24) is 0 Å². The first-order chi connectivity index (χ1) is 10.3. The molecule has 0 N–H and O–H groups in total. The molecular weight excluding hydrogens is 291 g/mol. The van der Waals surface area contributed by atoms with Crippen LogP contribution in [0.4, 0.5) is 0 Å². The van der Waals surface area contributed by atoms with Crippen molar-refractivity contribution in [2.45, 2.75) is 84.8 Å². The number of hydrogen-bond acceptors (Lipinski definition) is 3. The maximum atomic E-state index is 6.23. The first-order valence-corrected chi connectivity index (χ1v) is 9.60. The van der Waals surface area contributed by atoms with Crippen molar-refractivity contribution in [2.24, 2.45) is 5.92 Å². The Bertz CT molecular complexity index is 465. The van der Waals surface area contributed by atoms with Crippen LogP contribution in [0.5, 0.6) is 0 Å². The van der Waals surface area contributed by atoms with E-state index in [0.717, 1.165) is 12.3 Å². The molecular formula is C18H31BO2S. The molecule has 124 valence electrons. The topological polar surface area (TPSA) is 18.5 Å². The van der Waals surface area contributed by atoms with Gasteiger partial charge in [0.05, 0.1) is 11.2 Å². The highest BCUT2D eigenvalue weighted by atomic mass is 32.1. The van der Waals surface area contributed by atoms with Crippen LogP contribution in [0, 0.1) is 5.92 Å². The maximum Gasteiger partial charge on any atom is 0.505 e. The van der Waals surface area contributed by atoms with Crippen molar-refractivity contribution in [3.63, 3.8) is 0 Å². The van der Waals surface area contributed by atoms with Crippen LogP contribution in [0.1, 0.15) is 72.8 Å². The third kappa shape index (κ3) is 3.77. The molecule has 1 atom stereocenters. The Hall–Kier alpha value is -0.315. The summed E-state index contributed by atoms with van der Waals surface area (Å²) in [5.74, 6) is 0.774. The van der Waals surface area contributed by atoms with Crippen LogP contribution in [0.15, 0.2) is 11.4 Å². The number of thiophene rings is 1. The fourth-order valence-electron chi connectivity index (χ4n) is 2.93. The van der Waals surface area contributed by atoms with Gasteiger partial charge in [0.15, 0.2) is 0 Å². The van der Waals surface area contributed by atoms with Gasteiger partial charge in [0.1, 0.15) is 0 Å². The second-order valence-corrected chi connectivity index (χ2v) is 8.47. The molecule has 2 nitrogen and oxygen atoms in total. The minimum absolute atomic E-state index is 0.205. The van der Waals surface area contributed by atoms with Gasteiger partial charge in [-0.1, -0.05) is 39.5 Å². The summed E-state index contributed by atoms with van der Waals surface area (Å²) >= 11 is 1.77. The zero-order chi connectivity index (χ0) is 16.4. The zero-order valence-electron chi connectivity index (χ0n) is 15.1. The van der Waals surface area contributed by atoms with Gasteiger partial charge in [-0.15, -0.1) is 0 Å². The summed E-state index contributed by atoms with van der Waals surface area (Å²) < 4.78 is 13.7. The number of unbranched alkanes of at least 4 members (excludes halogenated alkanes) is 1. The van der Waals surface area contributed by atoms with Gasteiger partial charge in [-0.2, -0.15) is 11.3 Å². The minimum atomic E-state index is -0.259. The monoisotopic (exact) mass is 322 g/mol. The van der Waals surface area contributed by atoms with E-state index in [4.69, 9.17) is 9.31 Å². The van der Waals surface area contributed by atoms with E-state index in [1.807, 2.05) is 0 Å². The Labute approximate surface area is 140 Å². The fraction of sp³-hybridized carbons (Fsp3) is 0.778. The predicted molar refractivity (Wildman–Crippen MR) is 97.0 cm³/mol. The van der Waals surface area contributed by atoms with Crippen molar-refractivity contribution in [2.75, 3.05) is 0 Å². The van der Waals surface area contributed by atoms with Crippen LogP contribution >= 0.6 is 11.3 Å². The quantitative estimate of drug-likeness (QED) is 0.671. The minimum Gasteiger partial charge on any atom is -0.399 e. The van der Waals surface area contributed by atoms with Gasteiger partial charge in [-0.05, 0) is 57.0 Å². The van der Waals surface area contributed by atoms with E-state index in [-0.39, 0.29) is 18.3 Å². The van der Waals surface area contributed by atoms with Crippen LogP contribution in [0.3, 0.4) is 0 Å². The van der Waals surface area contributed by atoms with Crippen molar-refractivity contribution < 1.29 is 9.31 Å². The molecule has 1 unspecified atom stereocenters. The lowest BCUT2D eigenvalue weighted by atomic mass is 9.81. The van der Waals surface area contributed by atoms with E-state index in [0.29, 0.717) is 0 Å². The van der Waals surface area contributed by atoms with Crippen molar-refractivity contribution >= 4 is 23.2 Å². The van der Waals surface area contributed by atoms with Gasteiger partial charge >= 0.3 is 7.12 Å².